The molecule has 1 aromatic rings. The van der Waals surface area contributed by atoms with Gasteiger partial charge in [0.1, 0.15) is 5.75 Å². The lowest BCUT2D eigenvalue weighted by atomic mass is 10.1. The fourth-order valence-corrected chi connectivity index (χ4v) is 1.54. The molecule has 0 aromatic heterocycles. The van der Waals surface area contributed by atoms with E-state index in [0.29, 0.717) is 11.4 Å². The van der Waals surface area contributed by atoms with Gasteiger partial charge >= 0.3 is 0 Å². The Hall–Kier alpha value is -0.610. The number of hydrogen-bond acceptors (Lipinski definition) is 2. The minimum absolute atomic E-state index is 0.220. The van der Waals surface area contributed by atoms with Gasteiger partial charge in [0.15, 0.2) is 0 Å². The molecule has 0 spiro atoms. The molecule has 12 heavy (non-hydrogen) atoms. The van der Waals surface area contributed by atoms with Gasteiger partial charge in [-0.1, -0.05) is 34.2 Å². The Balaban J connectivity index is 3.04. The third-order valence-corrected chi connectivity index (χ3v) is 2.33. The summed E-state index contributed by atoms with van der Waals surface area (Å²) in [6.07, 6.45) is 0.419. The van der Waals surface area contributed by atoms with Gasteiger partial charge in [0.2, 0.25) is 0 Å². The van der Waals surface area contributed by atoms with E-state index in [1.807, 2.05) is 6.07 Å². The number of halogens is 1. The summed E-state index contributed by atoms with van der Waals surface area (Å²) in [7, 11) is 0. The predicted octanol–water partition coefficient (Wildman–Crippen LogP) is 1.98. The highest BCUT2D eigenvalue weighted by atomic mass is 79.9. The number of rotatable bonds is 2. The van der Waals surface area contributed by atoms with Crippen molar-refractivity contribution in [2.75, 3.05) is 0 Å². The second kappa shape index (κ2) is 3.87. The summed E-state index contributed by atoms with van der Waals surface area (Å²) in [5.41, 5.74) is 6.10. The monoisotopic (exact) mass is 245 g/mol. The zero-order chi connectivity index (χ0) is 9.14. The van der Waals surface area contributed by atoms with E-state index in [-0.39, 0.29) is 5.75 Å². The van der Waals surface area contributed by atoms with E-state index in [9.17, 15) is 5.11 Å². The molecule has 1 aromatic carbocycles. The number of benzene rings is 1. The molecule has 0 aliphatic rings. The smallest absolute Gasteiger partial charge is 0.120 e. The molecule has 1 rings (SSSR count). The fourth-order valence-electron chi connectivity index (χ4n) is 0.897. The van der Waals surface area contributed by atoms with E-state index in [1.54, 1.807) is 12.1 Å². The number of phenolic OH excluding ortho intramolecular Hbond substituents is 1. The molecule has 0 fully saturated rings. The van der Waals surface area contributed by atoms with Crippen LogP contribution in [0.4, 0.5) is 0 Å². The van der Waals surface area contributed by atoms with Crippen molar-refractivity contribution in [3.8, 4) is 5.75 Å². The third kappa shape index (κ3) is 2.19. The lowest BCUT2D eigenvalue weighted by Crippen LogP contribution is -2.11. The number of hydrogen-bond donors (Lipinski definition) is 2. The molecule has 3 N–H and O–H groups in total. The van der Waals surface area contributed by atoms with Crippen molar-refractivity contribution in [1.29, 1.82) is 0 Å². The van der Waals surface area contributed by atoms with Gasteiger partial charge in [0.05, 0.1) is 4.99 Å². The Kier molecular flexibility index (Phi) is 3.05. The lowest BCUT2D eigenvalue weighted by Gasteiger charge is -2.04. The summed E-state index contributed by atoms with van der Waals surface area (Å²) in [5.74, 6) is 0.220. The van der Waals surface area contributed by atoms with Gasteiger partial charge in [-0.2, -0.15) is 0 Å². The molecule has 2 nitrogen and oxygen atoms in total. The zero-order valence-corrected chi connectivity index (χ0v) is 8.65. The highest BCUT2D eigenvalue weighted by molar-refractivity contribution is 9.10. The van der Waals surface area contributed by atoms with Crippen LogP contribution < -0.4 is 5.73 Å². The summed E-state index contributed by atoms with van der Waals surface area (Å²) in [5, 5.41) is 9.40. The Labute approximate surface area is 84.5 Å². The fraction of sp³-hybridized carbons (Fsp3) is 0.125. The van der Waals surface area contributed by atoms with Crippen molar-refractivity contribution in [3.05, 3.63) is 28.2 Å². The minimum Gasteiger partial charge on any atom is -0.508 e. The molecule has 0 aliphatic heterocycles. The van der Waals surface area contributed by atoms with Crippen LogP contribution in [0.2, 0.25) is 0 Å². The van der Waals surface area contributed by atoms with Crippen LogP contribution in [0.5, 0.6) is 5.75 Å². The van der Waals surface area contributed by atoms with Gasteiger partial charge < -0.3 is 10.8 Å². The molecular weight excluding hydrogens is 238 g/mol. The number of aromatic hydroxyl groups is 1. The lowest BCUT2D eigenvalue weighted by molar-refractivity contribution is 0.469. The molecule has 0 heterocycles. The van der Waals surface area contributed by atoms with Crippen molar-refractivity contribution in [1.82, 2.24) is 0 Å². The van der Waals surface area contributed by atoms with Crippen LogP contribution in [-0.4, -0.2) is 10.1 Å². The average molecular weight is 246 g/mol. The topological polar surface area (TPSA) is 46.2 Å². The molecule has 0 aliphatic carbocycles. The second-order valence-electron chi connectivity index (χ2n) is 2.38. The van der Waals surface area contributed by atoms with Crippen molar-refractivity contribution < 1.29 is 5.11 Å². The maximum Gasteiger partial charge on any atom is 0.120 e. The standard InChI is InChI=1S/C8H8BrNOS/c9-6-2-1-3-7(11)5(6)4-8(10)12/h1-3,11H,4H2,(H2,10,12). The van der Waals surface area contributed by atoms with Gasteiger partial charge in [-0.15, -0.1) is 0 Å². The van der Waals surface area contributed by atoms with Crippen molar-refractivity contribution >= 4 is 33.1 Å². The van der Waals surface area contributed by atoms with Gasteiger partial charge in [0.25, 0.3) is 0 Å². The summed E-state index contributed by atoms with van der Waals surface area (Å²) in [6.45, 7) is 0. The van der Waals surface area contributed by atoms with E-state index in [0.717, 1.165) is 10.0 Å². The molecule has 0 radical (unpaired) electrons. The number of thiocarbonyl (C=S) groups is 1. The normalized spacial score (nSPS) is 9.75. The summed E-state index contributed by atoms with van der Waals surface area (Å²) in [4.78, 5) is 0.372. The first-order valence-corrected chi connectivity index (χ1v) is 4.56. The average Bonchev–Trinajstić information content (AvgIpc) is 1.97. The number of phenols is 1. The van der Waals surface area contributed by atoms with Crippen LogP contribution in [-0.2, 0) is 6.42 Å². The van der Waals surface area contributed by atoms with Crippen LogP contribution in [0.3, 0.4) is 0 Å². The molecule has 0 unspecified atom stereocenters. The largest absolute Gasteiger partial charge is 0.508 e. The van der Waals surface area contributed by atoms with Gasteiger partial charge in [-0.3, -0.25) is 0 Å². The van der Waals surface area contributed by atoms with E-state index in [1.165, 1.54) is 0 Å². The van der Waals surface area contributed by atoms with E-state index < -0.39 is 0 Å². The van der Waals surface area contributed by atoms with Gasteiger partial charge in [0, 0.05) is 16.5 Å². The van der Waals surface area contributed by atoms with Crippen LogP contribution in [0.1, 0.15) is 5.56 Å². The van der Waals surface area contributed by atoms with Gasteiger partial charge in [-0.25, -0.2) is 0 Å². The Morgan fingerprint density at radius 3 is 2.75 bits per heavy atom. The Morgan fingerprint density at radius 1 is 1.58 bits per heavy atom. The van der Waals surface area contributed by atoms with Crippen molar-refractivity contribution in [3.63, 3.8) is 0 Å². The summed E-state index contributed by atoms with van der Waals surface area (Å²) < 4.78 is 0.829. The third-order valence-electron chi connectivity index (χ3n) is 1.45. The summed E-state index contributed by atoms with van der Waals surface area (Å²) >= 11 is 8.04. The molecule has 4 heteroatoms. The van der Waals surface area contributed by atoms with Crippen LogP contribution >= 0.6 is 28.1 Å². The van der Waals surface area contributed by atoms with Crippen LogP contribution in [0.15, 0.2) is 22.7 Å². The van der Waals surface area contributed by atoms with Gasteiger partial charge in [-0.05, 0) is 12.1 Å². The van der Waals surface area contributed by atoms with E-state index in [2.05, 4.69) is 15.9 Å². The predicted molar refractivity (Wildman–Crippen MR) is 56.3 cm³/mol. The first-order valence-electron chi connectivity index (χ1n) is 3.36. The molecular formula is C8H8BrNOS. The maximum atomic E-state index is 9.40. The SMILES string of the molecule is NC(=S)Cc1c(O)cccc1Br. The van der Waals surface area contributed by atoms with E-state index in [4.69, 9.17) is 18.0 Å². The van der Waals surface area contributed by atoms with Crippen LogP contribution in [0, 0.1) is 0 Å². The Bertz CT molecular complexity index is 294. The number of nitrogens with two attached hydrogens (primary N) is 1. The first-order chi connectivity index (χ1) is 5.61. The Morgan fingerprint density at radius 2 is 2.25 bits per heavy atom. The molecule has 0 bridgehead atoms. The minimum atomic E-state index is 0.220. The molecule has 0 saturated heterocycles. The van der Waals surface area contributed by atoms with Crippen LogP contribution in [0.25, 0.3) is 0 Å². The molecule has 0 amide bonds. The highest BCUT2D eigenvalue weighted by Gasteiger charge is 2.05. The molecule has 0 atom stereocenters. The quantitative estimate of drug-likeness (QED) is 0.784. The highest BCUT2D eigenvalue weighted by Crippen LogP contribution is 2.25. The first kappa shape index (κ1) is 9.48. The van der Waals surface area contributed by atoms with E-state index >= 15 is 0 Å². The molecule has 0 saturated carbocycles. The summed E-state index contributed by atoms with van der Waals surface area (Å²) in [6, 6.07) is 5.20. The molecule has 64 valence electrons. The van der Waals surface area contributed by atoms with Crippen molar-refractivity contribution in [2.45, 2.75) is 6.42 Å². The second-order valence-corrected chi connectivity index (χ2v) is 3.76. The maximum absolute atomic E-state index is 9.40. The zero-order valence-electron chi connectivity index (χ0n) is 6.25. The van der Waals surface area contributed by atoms with Crippen molar-refractivity contribution in [2.24, 2.45) is 5.73 Å².